The van der Waals surface area contributed by atoms with Crippen molar-refractivity contribution in [2.75, 3.05) is 18.6 Å². The molecule has 3 N–H and O–H groups in total. The number of aryl methyl sites for hydroxylation is 1. The monoisotopic (exact) mass is 654 g/mol. The molecule has 0 aromatic heterocycles. The lowest BCUT2D eigenvalue weighted by molar-refractivity contribution is -0.159. The van der Waals surface area contributed by atoms with E-state index in [0.29, 0.717) is 11.3 Å². The average molecular weight is 655 g/mol. The van der Waals surface area contributed by atoms with E-state index in [-0.39, 0.29) is 24.2 Å². The fraction of sp³-hybridized carbons (Fsp3) is 0.500. The Morgan fingerprint density at radius 1 is 0.935 bits per heavy atom. The van der Waals surface area contributed by atoms with E-state index >= 15 is 0 Å². The number of hydrogen-bond donors (Lipinski definition) is 3. The Morgan fingerprint density at radius 2 is 1.57 bits per heavy atom. The molecular weight excluding hydrogens is 608 g/mol. The van der Waals surface area contributed by atoms with E-state index in [1.165, 1.54) is 17.8 Å². The topological polar surface area (TPSA) is 158 Å². The number of phenols is 1. The van der Waals surface area contributed by atoms with Crippen LogP contribution in [-0.2, 0) is 30.3 Å². The number of ether oxygens (including phenoxy) is 2. The third-order valence-corrected chi connectivity index (χ3v) is 7.18. The first kappa shape index (κ1) is 37.9. The number of alkyl carbamates (subject to hydrolysis) is 1. The standard InChI is InChI=1S/C34H46N4O7S/c1-22-13-12-16-24(28(22)39)27(29(40)36-26(31(42)44-33(2,3)4)21-23-14-10-9-11-15-23)38(19-18-35)30(41)25(17-20-46-8)37-32(43)45-34(5,6)7/h9-16,25-27,39H,17,19-21H2,1-8H3,(H,36,40)(H,37,43). The highest BCUT2D eigenvalue weighted by Gasteiger charge is 2.39. The molecule has 3 amide bonds. The number of carbonyl (C=O) groups is 4. The van der Waals surface area contributed by atoms with E-state index in [0.717, 1.165) is 10.5 Å². The van der Waals surface area contributed by atoms with Crippen molar-refractivity contribution in [1.29, 1.82) is 5.26 Å². The van der Waals surface area contributed by atoms with Gasteiger partial charge in [-0.15, -0.1) is 0 Å². The smallest absolute Gasteiger partial charge is 0.408 e. The molecule has 2 aromatic rings. The molecule has 0 aliphatic heterocycles. The van der Waals surface area contributed by atoms with Crippen LogP contribution in [0.15, 0.2) is 48.5 Å². The Hall–Kier alpha value is -4.24. The molecular formula is C34H46N4O7S. The number of phenolic OH excluding ortho intramolecular Hbond substituents is 1. The largest absolute Gasteiger partial charge is 0.507 e. The number of amides is 3. The van der Waals surface area contributed by atoms with Crippen molar-refractivity contribution >= 4 is 35.6 Å². The number of hydrogen-bond acceptors (Lipinski definition) is 9. The molecule has 0 aliphatic rings. The minimum absolute atomic E-state index is 0.0460. The van der Waals surface area contributed by atoms with E-state index in [1.807, 2.05) is 18.4 Å². The van der Waals surface area contributed by atoms with Crippen LogP contribution >= 0.6 is 11.8 Å². The third kappa shape index (κ3) is 11.9. The van der Waals surface area contributed by atoms with Crippen LogP contribution in [0.5, 0.6) is 5.75 Å². The SMILES string of the molecule is CSCCC(NC(=O)OC(C)(C)C)C(=O)N(CC#N)C(C(=O)NC(Cc1ccccc1)C(=O)OC(C)(C)C)c1cccc(C)c1O. The van der Waals surface area contributed by atoms with Gasteiger partial charge < -0.3 is 30.1 Å². The quantitative estimate of drug-likeness (QED) is 0.204. The fourth-order valence-electron chi connectivity index (χ4n) is 4.54. The van der Waals surface area contributed by atoms with E-state index in [2.05, 4.69) is 10.6 Å². The number of nitriles is 1. The summed E-state index contributed by atoms with van der Waals surface area (Å²) in [6.07, 6.45) is 1.25. The first-order valence-electron chi connectivity index (χ1n) is 15.0. The highest BCUT2D eigenvalue weighted by atomic mass is 32.2. The Labute approximate surface area is 276 Å². The molecule has 0 heterocycles. The molecule has 46 heavy (non-hydrogen) atoms. The summed E-state index contributed by atoms with van der Waals surface area (Å²) in [5, 5.41) is 26.3. The Morgan fingerprint density at radius 3 is 2.13 bits per heavy atom. The molecule has 3 unspecified atom stereocenters. The number of thioether (sulfide) groups is 1. The number of esters is 1. The van der Waals surface area contributed by atoms with E-state index < -0.39 is 59.7 Å². The molecule has 0 fully saturated rings. The van der Waals surface area contributed by atoms with Crippen molar-refractivity contribution in [3.63, 3.8) is 0 Å². The highest BCUT2D eigenvalue weighted by Crippen LogP contribution is 2.32. The Bertz CT molecular complexity index is 1400. The number of nitrogens with zero attached hydrogens (tertiary/aromatic N) is 2. The van der Waals surface area contributed by atoms with Crippen LogP contribution in [0.4, 0.5) is 4.79 Å². The van der Waals surface area contributed by atoms with Crippen LogP contribution < -0.4 is 10.6 Å². The van der Waals surface area contributed by atoms with Crippen LogP contribution in [0.1, 0.15) is 70.7 Å². The molecule has 3 atom stereocenters. The van der Waals surface area contributed by atoms with Gasteiger partial charge in [0.05, 0.1) is 6.07 Å². The van der Waals surface area contributed by atoms with Gasteiger partial charge in [0.25, 0.3) is 0 Å². The molecule has 0 aliphatic carbocycles. The van der Waals surface area contributed by atoms with E-state index in [1.54, 1.807) is 84.9 Å². The maximum absolute atomic E-state index is 14.3. The van der Waals surface area contributed by atoms with Gasteiger partial charge in [-0.1, -0.05) is 48.5 Å². The van der Waals surface area contributed by atoms with Crippen molar-refractivity contribution in [1.82, 2.24) is 15.5 Å². The lowest BCUT2D eigenvalue weighted by atomic mass is 9.98. The zero-order valence-electron chi connectivity index (χ0n) is 27.9. The summed E-state index contributed by atoms with van der Waals surface area (Å²) in [6, 6.07) is 11.8. The summed E-state index contributed by atoms with van der Waals surface area (Å²) >= 11 is 1.45. The Kier molecular flexibility index (Phi) is 13.9. The summed E-state index contributed by atoms with van der Waals surface area (Å²) in [4.78, 5) is 55.6. The minimum atomic E-state index is -1.55. The molecule has 0 bridgehead atoms. The maximum atomic E-state index is 14.3. The lowest BCUT2D eigenvalue weighted by Gasteiger charge is -2.34. The molecule has 0 radical (unpaired) electrons. The fourth-order valence-corrected chi connectivity index (χ4v) is 5.01. The molecule has 11 nitrogen and oxygen atoms in total. The Balaban J connectivity index is 2.63. The van der Waals surface area contributed by atoms with Crippen LogP contribution in [0, 0.1) is 18.3 Å². The first-order valence-corrected chi connectivity index (χ1v) is 16.4. The molecule has 12 heteroatoms. The molecule has 0 spiro atoms. The molecule has 0 saturated heterocycles. The molecule has 250 valence electrons. The van der Waals surface area contributed by atoms with Crippen molar-refractivity contribution in [3.05, 3.63) is 65.2 Å². The van der Waals surface area contributed by atoms with Gasteiger partial charge in [0, 0.05) is 12.0 Å². The van der Waals surface area contributed by atoms with E-state index in [4.69, 9.17) is 9.47 Å². The van der Waals surface area contributed by atoms with Gasteiger partial charge in [-0.25, -0.2) is 9.59 Å². The van der Waals surface area contributed by atoms with Crippen LogP contribution in [0.25, 0.3) is 0 Å². The predicted octanol–water partition coefficient (Wildman–Crippen LogP) is 4.81. The minimum Gasteiger partial charge on any atom is -0.507 e. The summed E-state index contributed by atoms with van der Waals surface area (Å²) < 4.78 is 11.0. The van der Waals surface area contributed by atoms with Gasteiger partial charge in [0.15, 0.2) is 0 Å². The molecule has 2 rings (SSSR count). The van der Waals surface area contributed by atoms with Gasteiger partial charge in [0.2, 0.25) is 11.8 Å². The van der Waals surface area contributed by atoms with Gasteiger partial charge in [0.1, 0.15) is 41.6 Å². The normalized spacial score (nSPS) is 13.4. The highest BCUT2D eigenvalue weighted by molar-refractivity contribution is 7.98. The molecule has 0 saturated carbocycles. The molecule has 2 aromatic carbocycles. The number of benzene rings is 2. The second-order valence-electron chi connectivity index (χ2n) is 12.8. The summed E-state index contributed by atoms with van der Waals surface area (Å²) in [6.45, 7) is 11.2. The van der Waals surface area contributed by atoms with Gasteiger partial charge in [-0.05, 0) is 78.0 Å². The van der Waals surface area contributed by atoms with Crippen molar-refractivity contribution in [2.24, 2.45) is 0 Å². The number of para-hydroxylation sites is 1. The summed E-state index contributed by atoms with van der Waals surface area (Å²) in [5.74, 6) is -2.04. The zero-order valence-corrected chi connectivity index (χ0v) is 28.7. The first-order chi connectivity index (χ1) is 21.5. The van der Waals surface area contributed by atoms with E-state index in [9.17, 15) is 29.5 Å². The van der Waals surface area contributed by atoms with Gasteiger partial charge >= 0.3 is 12.1 Å². The number of carbonyl (C=O) groups excluding carboxylic acids is 4. The average Bonchev–Trinajstić information content (AvgIpc) is 2.95. The van der Waals surface area contributed by atoms with Gasteiger partial charge in [-0.3, -0.25) is 9.59 Å². The van der Waals surface area contributed by atoms with Gasteiger partial charge in [-0.2, -0.15) is 17.0 Å². The van der Waals surface area contributed by atoms with Crippen molar-refractivity contribution in [3.8, 4) is 11.8 Å². The van der Waals surface area contributed by atoms with Crippen LogP contribution in [0.2, 0.25) is 0 Å². The van der Waals surface area contributed by atoms with Crippen molar-refractivity contribution < 1.29 is 33.8 Å². The third-order valence-electron chi connectivity index (χ3n) is 6.54. The van der Waals surface area contributed by atoms with Crippen molar-refractivity contribution in [2.45, 2.75) is 90.6 Å². The predicted molar refractivity (Wildman–Crippen MR) is 177 cm³/mol. The van der Waals surface area contributed by atoms with Crippen LogP contribution in [0.3, 0.4) is 0 Å². The zero-order chi connectivity index (χ0) is 34.7. The number of aromatic hydroxyl groups is 1. The lowest BCUT2D eigenvalue weighted by Crippen LogP contribution is -2.55. The number of nitrogens with one attached hydrogen (secondary N) is 2. The summed E-state index contributed by atoms with van der Waals surface area (Å²) in [7, 11) is 0. The summed E-state index contributed by atoms with van der Waals surface area (Å²) in [5.41, 5.74) is -0.472. The second-order valence-corrected chi connectivity index (χ2v) is 13.8. The van der Waals surface area contributed by atoms with Crippen LogP contribution in [-0.4, -0.2) is 75.7 Å². The maximum Gasteiger partial charge on any atom is 0.408 e. The number of rotatable bonds is 13. The second kappa shape index (κ2) is 16.9.